The van der Waals surface area contributed by atoms with E-state index in [9.17, 15) is 24.6 Å². The van der Waals surface area contributed by atoms with Crippen molar-refractivity contribution >= 4 is 17.9 Å². The van der Waals surface area contributed by atoms with Gasteiger partial charge in [0.15, 0.2) is 0 Å². The molecule has 0 radical (unpaired) electrons. The molecule has 10 unspecified atom stereocenters. The number of cyclic esters (lactones) is 1. The van der Waals surface area contributed by atoms with Crippen molar-refractivity contribution < 1.29 is 43.5 Å². The summed E-state index contributed by atoms with van der Waals surface area (Å²) >= 11 is 0. The van der Waals surface area contributed by atoms with Crippen LogP contribution in [-0.4, -0.2) is 70.3 Å². The summed E-state index contributed by atoms with van der Waals surface area (Å²) in [6, 6.07) is 9.00. The lowest BCUT2D eigenvalue weighted by Gasteiger charge is -2.32. The Morgan fingerprint density at radius 2 is 1.85 bits per heavy atom. The number of carbonyl (C=O) groups is 3. The van der Waals surface area contributed by atoms with Crippen LogP contribution in [0.5, 0.6) is 0 Å². The van der Waals surface area contributed by atoms with Crippen LogP contribution in [0.25, 0.3) is 0 Å². The molecule has 2 N–H and O–H groups in total. The first-order chi connectivity index (χ1) is 21.7. The molecule has 0 aliphatic carbocycles. The van der Waals surface area contributed by atoms with Gasteiger partial charge in [-0.15, -0.1) is 0 Å². The van der Waals surface area contributed by atoms with E-state index >= 15 is 0 Å². The quantitative estimate of drug-likeness (QED) is 0.1000. The molecule has 10 atom stereocenters. The van der Waals surface area contributed by atoms with E-state index in [0.29, 0.717) is 12.0 Å². The van der Waals surface area contributed by atoms with Crippen molar-refractivity contribution in [1.82, 2.24) is 0 Å². The van der Waals surface area contributed by atoms with Gasteiger partial charge in [-0.05, 0) is 69.2 Å². The fourth-order valence-electron chi connectivity index (χ4n) is 5.93. The van der Waals surface area contributed by atoms with Gasteiger partial charge in [-0.1, -0.05) is 70.2 Å². The largest absolute Gasteiger partial charge is 0.458 e. The number of hydrogen-bond acceptors (Lipinski definition) is 9. The van der Waals surface area contributed by atoms with Gasteiger partial charge in [-0.25, -0.2) is 4.79 Å². The molecule has 2 heterocycles. The van der Waals surface area contributed by atoms with E-state index in [4.69, 9.17) is 18.9 Å². The molecule has 46 heavy (non-hydrogen) atoms. The summed E-state index contributed by atoms with van der Waals surface area (Å²) in [6.07, 6.45) is 8.27. The highest BCUT2D eigenvalue weighted by Gasteiger charge is 2.46. The number of aliphatic hydroxyl groups is 2. The molecule has 1 aromatic rings. The number of esters is 3. The van der Waals surface area contributed by atoms with Crippen LogP contribution in [-0.2, 0) is 28.5 Å². The monoisotopic (exact) mass is 640 g/mol. The van der Waals surface area contributed by atoms with Crippen molar-refractivity contribution in [3.05, 3.63) is 71.8 Å². The van der Waals surface area contributed by atoms with Gasteiger partial charge in [0.1, 0.15) is 23.9 Å². The molecule has 0 saturated carbocycles. The van der Waals surface area contributed by atoms with Crippen molar-refractivity contribution in [3.8, 4) is 0 Å². The smallest absolute Gasteiger partial charge is 0.338 e. The number of epoxide rings is 1. The van der Waals surface area contributed by atoms with Crippen LogP contribution < -0.4 is 0 Å². The van der Waals surface area contributed by atoms with Crippen LogP contribution in [0.3, 0.4) is 0 Å². The molecule has 0 aromatic heterocycles. The standard InChI is InChI=1S/C37H52O9/c1-8-30(45-36(41)28-15-10-9-11-16-28)26(5)35-31(44-35)21-23(2)13-12-14-24(3)34-25(4)17-18-32(43-27(6)38)37(7,42)20-19-29(39)22-33(40)46-34/h9-18,23,25-26,29-32,34-35,39,42H,8,19-22H2,1-7H3/b13-12+,18-17+,24-14+. The molecule has 9 nitrogen and oxygen atoms in total. The van der Waals surface area contributed by atoms with E-state index in [2.05, 4.69) is 19.9 Å². The molecule has 254 valence electrons. The number of rotatable bonds is 11. The van der Waals surface area contributed by atoms with Crippen LogP contribution >= 0.6 is 0 Å². The van der Waals surface area contributed by atoms with Gasteiger partial charge in [-0.3, -0.25) is 9.59 Å². The molecule has 9 heteroatoms. The van der Waals surface area contributed by atoms with E-state index < -0.39 is 35.9 Å². The average Bonchev–Trinajstić information content (AvgIpc) is 3.77. The second kappa shape index (κ2) is 17.0. The molecular weight excluding hydrogens is 588 g/mol. The van der Waals surface area contributed by atoms with Crippen molar-refractivity contribution in [2.45, 2.75) is 123 Å². The SMILES string of the molecule is CCC(OC(=O)c1ccccc1)C(C)C1OC1CC(C)/C=C/C=C(\C)C1OC(=O)CC(O)CCC(C)(O)C(OC(C)=O)/C=C/C1C. The summed E-state index contributed by atoms with van der Waals surface area (Å²) in [5, 5.41) is 21.4. The van der Waals surface area contributed by atoms with Crippen LogP contribution in [0.2, 0.25) is 0 Å². The van der Waals surface area contributed by atoms with E-state index in [-0.39, 0.29) is 61.3 Å². The Morgan fingerprint density at radius 3 is 2.50 bits per heavy atom. The molecule has 1 saturated heterocycles. The lowest BCUT2D eigenvalue weighted by Crippen LogP contribution is -2.42. The molecule has 1 fully saturated rings. The first-order valence-electron chi connectivity index (χ1n) is 16.4. The highest BCUT2D eigenvalue weighted by atomic mass is 16.6. The zero-order valence-corrected chi connectivity index (χ0v) is 28.3. The van der Waals surface area contributed by atoms with Crippen molar-refractivity contribution in [2.75, 3.05) is 0 Å². The Bertz CT molecular complexity index is 1250. The van der Waals surface area contributed by atoms with Gasteiger partial charge in [0.25, 0.3) is 0 Å². The zero-order chi connectivity index (χ0) is 34.0. The molecular formula is C37H52O9. The Labute approximate surface area is 273 Å². The number of allylic oxidation sites excluding steroid dienone is 3. The minimum Gasteiger partial charge on any atom is -0.458 e. The van der Waals surface area contributed by atoms with Crippen LogP contribution in [0.1, 0.15) is 90.9 Å². The summed E-state index contributed by atoms with van der Waals surface area (Å²) in [5.41, 5.74) is -0.0780. The zero-order valence-electron chi connectivity index (χ0n) is 28.3. The third-order valence-electron chi connectivity index (χ3n) is 8.87. The summed E-state index contributed by atoms with van der Waals surface area (Å²) in [6.45, 7) is 12.8. The lowest BCUT2D eigenvalue weighted by molar-refractivity contribution is -0.157. The maximum absolute atomic E-state index is 12.7. The number of carbonyl (C=O) groups excluding carboxylic acids is 3. The molecule has 2 aliphatic rings. The fraction of sp³-hybridized carbons (Fsp3) is 0.595. The Hall–Kier alpha value is -3.27. The van der Waals surface area contributed by atoms with Gasteiger partial charge in [-0.2, -0.15) is 0 Å². The predicted octanol–water partition coefficient (Wildman–Crippen LogP) is 5.89. The number of benzene rings is 1. The van der Waals surface area contributed by atoms with E-state index in [0.717, 1.165) is 12.0 Å². The van der Waals surface area contributed by atoms with Crippen molar-refractivity contribution in [3.63, 3.8) is 0 Å². The number of ether oxygens (including phenoxy) is 4. The second-order valence-corrected chi connectivity index (χ2v) is 13.2. The van der Waals surface area contributed by atoms with Crippen LogP contribution in [0.15, 0.2) is 66.3 Å². The van der Waals surface area contributed by atoms with Crippen LogP contribution in [0.4, 0.5) is 0 Å². The molecule has 3 rings (SSSR count). The average molecular weight is 641 g/mol. The van der Waals surface area contributed by atoms with E-state index in [1.807, 2.05) is 51.1 Å². The summed E-state index contributed by atoms with van der Waals surface area (Å²) in [5.74, 6) is -1.40. The van der Waals surface area contributed by atoms with E-state index in [1.54, 1.807) is 31.2 Å². The first-order valence-corrected chi connectivity index (χ1v) is 16.4. The Balaban J connectivity index is 1.62. The molecule has 2 aliphatic heterocycles. The Morgan fingerprint density at radius 1 is 1.15 bits per heavy atom. The second-order valence-electron chi connectivity index (χ2n) is 13.2. The van der Waals surface area contributed by atoms with Crippen molar-refractivity contribution in [1.29, 1.82) is 0 Å². The third kappa shape index (κ3) is 11.2. The molecule has 1 aromatic carbocycles. The topological polar surface area (TPSA) is 132 Å². The van der Waals surface area contributed by atoms with Gasteiger partial charge in [0.05, 0.1) is 30.3 Å². The number of aliphatic hydroxyl groups excluding tert-OH is 1. The predicted molar refractivity (Wildman–Crippen MR) is 175 cm³/mol. The fourth-order valence-corrected chi connectivity index (χ4v) is 5.93. The summed E-state index contributed by atoms with van der Waals surface area (Å²) in [7, 11) is 0. The maximum Gasteiger partial charge on any atom is 0.338 e. The lowest BCUT2D eigenvalue weighted by atomic mass is 9.88. The van der Waals surface area contributed by atoms with Gasteiger partial charge >= 0.3 is 17.9 Å². The van der Waals surface area contributed by atoms with Crippen LogP contribution in [0, 0.1) is 17.8 Å². The summed E-state index contributed by atoms with van der Waals surface area (Å²) < 4.78 is 23.0. The first kappa shape index (κ1) is 37.2. The molecule has 0 spiro atoms. The van der Waals surface area contributed by atoms with Gasteiger partial charge in [0, 0.05) is 18.8 Å². The highest BCUT2D eigenvalue weighted by Crippen LogP contribution is 2.37. The maximum atomic E-state index is 12.7. The number of hydrogen-bond donors (Lipinski definition) is 2. The van der Waals surface area contributed by atoms with Gasteiger partial charge < -0.3 is 29.2 Å². The normalized spacial score (nSPS) is 31.8. The minimum absolute atomic E-state index is 0.0249. The molecule has 0 bridgehead atoms. The van der Waals surface area contributed by atoms with E-state index in [1.165, 1.54) is 6.92 Å². The minimum atomic E-state index is -1.42. The third-order valence-corrected chi connectivity index (χ3v) is 8.87. The van der Waals surface area contributed by atoms with Gasteiger partial charge in [0.2, 0.25) is 0 Å². The van der Waals surface area contributed by atoms with Crippen molar-refractivity contribution in [2.24, 2.45) is 17.8 Å². The highest BCUT2D eigenvalue weighted by molar-refractivity contribution is 5.89. The Kier molecular flexibility index (Phi) is 13.8. The molecule has 0 amide bonds. The summed E-state index contributed by atoms with van der Waals surface area (Å²) in [4.78, 5) is 37.0.